The van der Waals surface area contributed by atoms with E-state index in [-0.39, 0.29) is 0 Å². The second-order valence-electron chi connectivity index (χ2n) is 4.52. The molecule has 0 amide bonds. The zero-order chi connectivity index (χ0) is 14.4. The molecule has 3 heteroatoms. The lowest BCUT2D eigenvalue weighted by Gasteiger charge is -2.12. The van der Waals surface area contributed by atoms with E-state index in [1.807, 2.05) is 42.5 Å². The number of rotatable bonds is 6. The average Bonchev–Trinajstić information content (AvgIpc) is 2.47. The first-order chi connectivity index (χ1) is 9.74. The first kappa shape index (κ1) is 14.8. The third-order valence-corrected chi connectivity index (χ3v) is 3.81. The Kier molecular flexibility index (Phi) is 5.39. The summed E-state index contributed by atoms with van der Waals surface area (Å²) in [5.41, 5.74) is 8.99. The molecule has 2 aromatic carbocycles. The molecule has 20 heavy (non-hydrogen) atoms. The first-order valence-corrected chi connectivity index (χ1v) is 7.33. The Hall–Kier alpha value is -1.58. The Morgan fingerprint density at radius 2 is 1.95 bits per heavy atom. The van der Waals surface area contributed by atoms with Gasteiger partial charge in [0.2, 0.25) is 0 Å². The van der Waals surface area contributed by atoms with Crippen molar-refractivity contribution in [3.8, 4) is 5.75 Å². The quantitative estimate of drug-likeness (QED) is 0.804. The van der Waals surface area contributed by atoms with Gasteiger partial charge in [0.25, 0.3) is 0 Å². The molecule has 0 bridgehead atoms. The van der Waals surface area contributed by atoms with Gasteiger partial charge >= 0.3 is 0 Å². The number of hydrogen-bond acceptors (Lipinski definition) is 2. The molecule has 0 saturated heterocycles. The Morgan fingerprint density at radius 1 is 1.15 bits per heavy atom. The number of hydrogen-bond donors (Lipinski definition) is 1. The summed E-state index contributed by atoms with van der Waals surface area (Å²) in [5.74, 6) is 0.905. The minimum absolute atomic E-state index is 0.527. The van der Waals surface area contributed by atoms with E-state index >= 15 is 0 Å². The van der Waals surface area contributed by atoms with Gasteiger partial charge in [-0.15, -0.1) is 6.58 Å². The molecular weight excluding hydrogens is 314 g/mol. The van der Waals surface area contributed by atoms with Gasteiger partial charge in [-0.1, -0.05) is 52.3 Å². The molecule has 0 aliphatic rings. The van der Waals surface area contributed by atoms with Crippen LogP contribution in [0.4, 0.5) is 0 Å². The molecule has 0 aromatic heterocycles. The van der Waals surface area contributed by atoms with Gasteiger partial charge in [-0.3, -0.25) is 0 Å². The van der Waals surface area contributed by atoms with Crippen LogP contribution in [0.1, 0.15) is 16.7 Å². The van der Waals surface area contributed by atoms with E-state index in [4.69, 9.17) is 10.5 Å². The van der Waals surface area contributed by atoms with Crippen molar-refractivity contribution in [2.24, 2.45) is 5.73 Å². The topological polar surface area (TPSA) is 35.2 Å². The standard InChI is InChI=1S/C17H18BrNO/c1-2-5-14-6-3-4-7-17(14)20-12-15-9-8-13(11-19)10-16(15)18/h2-4,6-10H,1,5,11-12,19H2. The van der Waals surface area contributed by atoms with E-state index in [1.54, 1.807) is 0 Å². The maximum Gasteiger partial charge on any atom is 0.123 e. The lowest BCUT2D eigenvalue weighted by molar-refractivity contribution is 0.302. The highest BCUT2D eigenvalue weighted by Crippen LogP contribution is 2.23. The molecule has 0 radical (unpaired) electrons. The minimum atomic E-state index is 0.527. The van der Waals surface area contributed by atoms with Crippen LogP contribution in [-0.2, 0) is 19.6 Å². The van der Waals surface area contributed by atoms with Crippen LogP contribution in [0.25, 0.3) is 0 Å². The van der Waals surface area contributed by atoms with Crippen LogP contribution in [-0.4, -0.2) is 0 Å². The van der Waals surface area contributed by atoms with E-state index in [0.717, 1.165) is 33.3 Å². The average molecular weight is 332 g/mol. The summed E-state index contributed by atoms with van der Waals surface area (Å²) in [6.45, 7) is 4.84. The van der Waals surface area contributed by atoms with Gasteiger partial charge in [0, 0.05) is 16.6 Å². The monoisotopic (exact) mass is 331 g/mol. The number of halogens is 1. The molecular formula is C17H18BrNO. The summed E-state index contributed by atoms with van der Waals surface area (Å²) in [6.07, 6.45) is 2.69. The second kappa shape index (κ2) is 7.27. The third-order valence-electron chi connectivity index (χ3n) is 3.07. The van der Waals surface area contributed by atoms with E-state index in [0.29, 0.717) is 13.2 Å². The van der Waals surface area contributed by atoms with Crippen molar-refractivity contribution < 1.29 is 4.74 Å². The van der Waals surface area contributed by atoms with Crippen molar-refractivity contribution in [2.75, 3.05) is 0 Å². The van der Waals surface area contributed by atoms with Gasteiger partial charge in [-0.2, -0.15) is 0 Å². The number of nitrogens with two attached hydrogens (primary N) is 1. The molecule has 2 aromatic rings. The van der Waals surface area contributed by atoms with Gasteiger partial charge < -0.3 is 10.5 Å². The molecule has 2 rings (SSSR count). The van der Waals surface area contributed by atoms with Crippen LogP contribution >= 0.6 is 15.9 Å². The van der Waals surface area contributed by atoms with Gasteiger partial charge in [0.05, 0.1) is 0 Å². The predicted octanol–water partition coefficient (Wildman–Crippen LogP) is 4.22. The van der Waals surface area contributed by atoms with E-state index < -0.39 is 0 Å². The molecule has 0 saturated carbocycles. The van der Waals surface area contributed by atoms with Gasteiger partial charge in [-0.25, -0.2) is 0 Å². The fourth-order valence-electron chi connectivity index (χ4n) is 1.96. The number of ether oxygens (including phenoxy) is 1. The number of benzene rings is 2. The molecule has 0 atom stereocenters. The summed E-state index contributed by atoms with van der Waals surface area (Å²) in [7, 11) is 0. The molecule has 2 nitrogen and oxygen atoms in total. The molecule has 0 fully saturated rings. The Labute approximate surface area is 128 Å². The summed E-state index contributed by atoms with van der Waals surface area (Å²) in [4.78, 5) is 0. The molecule has 0 spiro atoms. The highest BCUT2D eigenvalue weighted by Gasteiger charge is 2.05. The fraction of sp³-hybridized carbons (Fsp3) is 0.176. The third kappa shape index (κ3) is 3.71. The summed E-state index contributed by atoms with van der Waals surface area (Å²) in [6, 6.07) is 14.1. The smallest absolute Gasteiger partial charge is 0.123 e. The zero-order valence-electron chi connectivity index (χ0n) is 11.3. The fourth-order valence-corrected chi connectivity index (χ4v) is 2.50. The molecule has 2 N–H and O–H groups in total. The lowest BCUT2D eigenvalue weighted by atomic mass is 10.1. The van der Waals surface area contributed by atoms with Gasteiger partial charge in [-0.05, 0) is 29.7 Å². The van der Waals surface area contributed by atoms with Crippen molar-refractivity contribution >= 4 is 15.9 Å². The Balaban J connectivity index is 2.10. The van der Waals surface area contributed by atoms with Crippen molar-refractivity contribution in [1.29, 1.82) is 0 Å². The summed E-state index contributed by atoms with van der Waals surface area (Å²) < 4.78 is 6.95. The van der Waals surface area contributed by atoms with Crippen molar-refractivity contribution in [3.63, 3.8) is 0 Å². The molecule has 0 heterocycles. The minimum Gasteiger partial charge on any atom is -0.489 e. The Morgan fingerprint density at radius 3 is 2.65 bits per heavy atom. The molecule has 104 valence electrons. The summed E-state index contributed by atoms with van der Waals surface area (Å²) >= 11 is 3.56. The molecule has 0 unspecified atom stereocenters. The van der Waals surface area contributed by atoms with E-state index in [1.165, 1.54) is 0 Å². The molecule has 0 aliphatic heterocycles. The van der Waals surface area contributed by atoms with Crippen molar-refractivity contribution in [3.05, 3.63) is 76.3 Å². The van der Waals surface area contributed by atoms with Crippen LogP contribution in [0, 0.1) is 0 Å². The largest absolute Gasteiger partial charge is 0.489 e. The number of para-hydroxylation sites is 1. The maximum absolute atomic E-state index is 5.92. The van der Waals surface area contributed by atoms with Crippen molar-refractivity contribution in [2.45, 2.75) is 19.6 Å². The van der Waals surface area contributed by atoms with Crippen LogP contribution in [0.5, 0.6) is 5.75 Å². The van der Waals surface area contributed by atoms with E-state index in [2.05, 4.69) is 28.6 Å². The van der Waals surface area contributed by atoms with Gasteiger partial charge in [0.1, 0.15) is 12.4 Å². The van der Waals surface area contributed by atoms with E-state index in [9.17, 15) is 0 Å². The first-order valence-electron chi connectivity index (χ1n) is 6.53. The van der Waals surface area contributed by atoms with Crippen LogP contribution in [0.2, 0.25) is 0 Å². The second-order valence-corrected chi connectivity index (χ2v) is 5.37. The highest BCUT2D eigenvalue weighted by atomic mass is 79.9. The lowest BCUT2D eigenvalue weighted by Crippen LogP contribution is -2.01. The van der Waals surface area contributed by atoms with Crippen molar-refractivity contribution in [1.82, 2.24) is 0 Å². The van der Waals surface area contributed by atoms with Crippen LogP contribution in [0.15, 0.2) is 59.6 Å². The SMILES string of the molecule is C=CCc1ccccc1OCc1ccc(CN)cc1Br. The van der Waals surface area contributed by atoms with Crippen LogP contribution < -0.4 is 10.5 Å². The number of allylic oxidation sites excluding steroid dienone is 1. The summed E-state index contributed by atoms with van der Waals surface area (Å²) in [5, 5.41) is 0. The van der Waals surface area contributed by atoms with Gasteiger partial charge in [0.15, 0.2) is 0 Å². The predicted molar refractivity (Wildman–Crippen MR) is 86.7 cm³/mol. The van der Waals surface area contributed by atoms with Crippen LogP contribution in [0.3, 0.4) is 0 Å². The highest BCUT2D eigenvalue weighted by molar-refractivity contribution is 9.10. The zero-order valence-corrected chi connectivity index (χ0v) is 12.9. The normalized spacial score (nSPS) is 10.3. The molecule has 0 aliphatic carbocycles. The Bertz CT molecular complexity index is 595. The maximum atomic E-state index is 5.92.